The Morgan fingerprint density at radius 1 is 1.10 bits per heavy atom. The first-order chi connectivity index (χ1) is 14.3. The standard InChI is InChI=1S/C22H23N3O3S/c26-22(28-15-17-4-2-1-3-5-17)24-19-8-6-18(7-9-19)21-23-20(16-29-21)14-25-10-12-27-13-11-25/h1-9,16H,10-15H2,(H,24,26). The van der Waals surface area contributed by atoms with Gasteiger partial charge in [0.1, 0.15) is 11.6 Å². The zero-order valence-corrected chi connectivity index (χ0v) is 16.9. The highest BCUT2D eigenvalue weighted by Gasteiger charge is 2.13. The van der Waals surface area contributed by atoms with Gasteiger partial charge < -0.3 is 9.47 Å². The highest BCUT2D eigenvalue weighted by Crippen LogP contribution is 2.26. The second kappa shape index (κ2) is 9.65. The minimum absolute atomic E-state index is 0.246. The van der Waals surface area contributed by atoms with Crippen molar-refractivity contribution in [3.63, 3.8) is 0 Å². The van der Waals surface area contributed by atoms with Crippen LogP contribution in [0.2, 0.25) is 0 Å². The highest BCUT2D eigenvalue weighted by atomic mass is 32.1. The van der Waals surface area contributed by atoms with E-state index in [-0.39, 0.29) is 6.61 Å². The van der Waals surface area contributed by atoms with Crippen molar-refractivity contribution in [2.24, 2.45) is 0 Å². The van der Waals surface area contributed by atoms with Gasteiger partial charge in [0.15, 0.2) is 0 Å². The smallest absolute Gasteiger partial charge is 0.411 e. The molecule has 4 rings (SSSR count). The number of aromatic nitrogens is 1. The van der Waals surface area contributed by atoms with E-state index in [1.807, 2.05) is 54.6 Å². The molecule has 2 heterocycles. The lowest BCUT2D eigenvalue weighted by atomic mass is 10.2. The molecule has 1 aromatic heterocycles. The number of ether oxygens (including phenoxy) is 2. The SMILES string of the molecule is O=C(Nc1ccc(-c2nc(CN3CCOCC3)cs2)cc1)OCc1ccccc1. The molecule has 6 nitrogen and oxygen atoms in total. The molecule has 0 bridgehead atoms. The fraction of sp³-hybridized carbons (Fsp3) is 0.273. The third-order valence-corrected chi connectivity index (χ3v) is 5.57. The van der Waals surface area contributed by atoms with E-state index in [0.717, 1.165) is 54.7 Å². The Morgan fingerprint density at radius 3 is 2.62 bits per heavy atom. The van der Waals surface area contributed by atoms with Crippen LogP contribution in [0.3, 0.4) is 0 Å². The highest BCUT2D eigenvalue weighted by molar-refractivity contribution is 7.13. The maximum absolute atomic E-state index is 12.0. The summed E-state index contributed by atoms with van der Waals surface area (Å²) in [5.41, 5.74) is 3.76. The van der Waals surface area contributed by atoms with Crippen molar-refractivity contribution in [2.45, 2.75) is 13.2 Å². The third kappa shape index (κ3) is 5.63. The number of anilines is 1. The maximum atomic E-state index is 12.0. The molecule has 1 amide bonds. The van der Waals surface area contributed by atoms with Crippen molar-refractivity contribution in [3.8, 4) is 10.6 Å². The number of carbonyl (C=O) groups excluding carboxylic acids is 1. The molecule has 7 heteroatoms. The summed E-state index contributed by atoms with van der Waals surface area (Å²) in [6.45, 7) is 4.59. The molecule has 0 unspecified atom stereocenters. The molecule has 0 radical (unpaired) electrons. The second-order valence-corrected chi connectivity index (χ2v) is 7.65. The van der Waals surface area contributed by atoms with E-state index in [1.54, 1.807) is 11.3 Å². The maximum Gasteiger partial charge on any atom is 0.411 e. The van der Waals surface area contributed by atoms with Gasteiger partial charge in [0.05, 0.1) is 18.9 Å². The molecule has 2 aromatic carbocycles. The molecule has 0 spiro atoms. The summed E-state index contributed by atoms with van der Waals surface area (Å²) in [5, 5.41) is 5.84. The number of hydrogen-bond donors (Lipinski definition) is 1. The van der Waals surface area contributed by atoms with Gasteiger partial charge in [0, 0.05) is 36.3 Å². The van der Waals surface area contributed by atoms with E-state index in [4.69, 9.17) is 14.5 Å². The second-order valence-electron chi connectivity index (χ2n) is 6.80. The number of hydrogen-bond acceptors (Lipinski definition) is 6. The van der Waals surface area contributed by atoms with E-state index < -0.39 is 6.09 Å². The number of morpholine rings is 1. The topological polar surface area (TPSA) is 63.7 Å². The normalized spacial score (nSPS) is 14.5. The molecule has 1 aliphatic heterocycles. The monoisotopic (exact) mass is 409 g/mol. The minimum atomic E-state index is -0.469. The molecule has 1 N–H and O–H groups in total. The molecular weight excluding hydrogens is 386 g/mol. The Bertz CT molecular complexity index is 922. The van der Waals surface area contributed by atoms with E-state index in [0.29, 0.717) is 5.69 Å². The predicted molar refractivity (Wildman–Crippen MR) is 114 cm³/mol. The van der Waals surface area contributed by atoms with Gasteiger partial charge in [-0.25, -0.2) is 9.78 Å². The number of thiazole rings is 1. The van der Waals surface area contributed by atoms with Crippen LogP contribution in [0.25, 0.3) is 10.6 Å². The van der Waals surface area contributed by atoms with Crippen LogP contribution >= 0.6 is 11.3 Å². The fourth-order valence-electron chi connectivity index (χ4n) is 3.07. The molecule has 0 saturated carbocycles. The van der Waals surface area contributed by atoms with Gasteiger partial charge in [-0.1, -0.05) is 30.3 Å². The van der Waals surface area contributed by atoms with E-state index >= 15 is 0 Å². The van der Waals surface area contributed by atoms with Crippen molar-refractivity contribution >= 4 is 23.1 Å². The van der Waals surface area contributed by atoms with Gasteiger partial charge in [-0.15, -0.1) is 11.3 Å². The van der Waals surface area contributed by atoms with Crippen LogP contribution in [0.1, 0.15) is 11.3 Å². The van der Waals surface area contributed by atoms with Gasteiger partial charge in [-0.05, 0) is 29.8 Å². The molecule has 1 aliphatic rings. The molecule has 0 aliphatic carbocycles. The van der Waals surface area contributed by atoms with Crippen LogP contribution in [0, 0.1) is 0 Å². The summed E-state index contributed by atoms with van der Waals surface area (Å²) in [4.78, 5) is 19.1. The van der Waals surface area contributed by atoms with Crippen LogP contribution in [0.5, 0.6) is 0 Å². The number of amides is 1. The summed E-state index contributed by atoms with van der Waals surface area (Å²) < 4.78 is 10.6. The Morgan fingerprint density at radius 2 is 1.86 bits per heavy atom. The van der Waals surface area contributed by atoms with Gasteiger partial charge in [0.2, 0.25) is 0 Å². The first-order valence-electron chi connectivity index (χ1n) is 9.59. The number of benzene rings is 2. The quantitative estimate of drug-likeness (QED) is 0.654. The summed E-state index contributed by atoms with van der Waals surface area (Å²) >= 11 is 1.64. The first-order valence-corrected chi connectivity index (χ1v) is 10.5. The molecule has 29 heavy (non-hydrogen) atoms. The zero-order chi connectivity index (χ0) is 19.9. The van der Waals surface area contributed by atoms with Crippen LogP contribution in [0.4, 0.5) is 10.5 Å². The first kappa shape index (κ1) is 19.6. The average molecular weight is 410 g/mol. The van der Waals surface area contributed by atoms with Gasteiger partial charge in [-0.2, -0.15) is 0 Å². The lowest BCUT2D eigenvalue weighted by Crippen LogP contribution is -2.35. The van der Waals surface area contributed by atoms with Crippen LogP contribution in [-0.4, -0.2) is 42.3 Å². The van der Waals surface area contributed by atoms with Crippen molar-refractivity contribution < 1.29 is 14.3 Å². The number of rotatable bonds is 6. The van der Waals surface area contributed by atoms with Crippen LogP contribution < -0.4 is 5.32 Å². The predicted octanol–water partition coefficient (Wildman–Crippen LogP) is 4.39. The van der Waals surface area contributed by atoms with E-state index in [1.165, 1.54) is 0 Å². The number of nitrogens with zero attached hydrogens (tertiary/aromatic N) is 2. The van der Waals surface area contributed by atoms with Gasteiger partial charge in [-0.3, -0.25) is 10.2 Å². The van der Waals surface area contributed by atoms with Crippen molar-refractivity contribution in [3.05, 3.63) is 71.2 Å². The third-order valence-electron chi connectivity index (χ3n) is 4.63. The summed E-state index contributed by atoms with van der Waals surface area (Å²) in [7, 11) is 0. The zero-order valence-electron chi connectivity index (χ0n) is 16.0. The van der Waals surface area contributed by atoms with E-state index in [2.05, 4.69) is 15.6 Å². The van der Waals surface area contributed by atoms with E-state index in [9.17, 15) is 4.79 Å². The Hall–Kier alpha value is -2.74. The molecule has 1 saturated heterocycles. The molecule has 3 aromatic rings. The van der Waals surface area contributed by atoms with Crippen molar-refractivity contribution in [1.29, 1.82) is 0 Å². The molecule has 0 atom stereocenters. The molecular formula is C22H23N3O3S. The number of nitrogens with one attached hydrogen (secondary N) is 1. The average Bonchev–Trinajstić information content (AvgIpc) is 3.23. The number of carbonyl (C=O) groups is 1. The minimum Gasteiger partial charge on any atom is -0.444 e. The lowest BCUT2D eigenvalue weighted by Gasteiger charge is -2.25. The largest absolute Gasteiger partial charge is 0.444 e. The summed E-state index contributed by atoms with van der Waals surface area (Å²) in [6.07, 6.45) is -0.469. The van der Waals surface area contributed by atoms with Crippen molar-refractivity contribution in [2.75, 3.05) is 31.6 Å². The summed E-state index contributed by atoms with van der Waals surface area (Å²) in [5.74, 6) is 0. The summed E-state index contributed by atoms with van der Waals surface area (Å²) in [6, 6.07) is 17.3. The van der Waals surface area contributed by atoms with Crippen molar-refractivity contribution in [1.82, 2.24) is 9.88 Å². The Labute approximate surface area is 174 Å². The van der Waals surface area contributed by atoms with Gasteiger partial charge in [0.25, 0.3) is 0 Å². The fourth-order valence-corrected chi connectivity index (χ4v) is 3.89. The Balaban J connectivity index is 1.30. The van der Waals surface area contributed by atoms with Crippen LogP contribution in [-0.2, 0) is 22.6 Å². The molecule has 150 valence electrons. The lowest BCUT2D eigenvalue weighted by molar-refractivity contribution is 0.0337. The molecule has 1 fully saturated rings. The van der Waals surface area contributed by atoms with Gasteiger partial charge >= 0.3 is 6.09 Å². The Kier molecular flexibility index (Phi) is 6.51. The van der Waals surface area contributed by atoms with Crippen LogP contribution in [0.15, 0.2) is 60.0 Å².